The van der Waals surface area contributed by atoms with Crippen molar-refractivity contribution < 1.29 is 0 Å². The van der Waals surface area contributed by atoms with Gasteiger partial charge in [-0.3, -0.25) is 0 Å². The minimum Gasteiger partial charge on any atom is -0.383 e. The lowest BCUT2D eigenvalue weighted by Gasteiger charge is -1.93. The minimum atomic E-state index is 0.566. The van der Waals surface area contributed by atoms with E-state index in [0.29, 0.717) is 5.82 Å². The lowest BCUT2D eigenvalue weighted by molar-refractivity contribution is 1.37. The summed E-state index contributed by atoms with van der Waals surface area (Å²) in [6, 6.07) is 1.80. The summed E-state index contributed by atoms with van der Waals surface area (Å²) in [5.74, 6) is 0.566. The zero-order valence-corrected chi connectivity index (χ0v) is 6.32. The molecule has 0 radical (unpaired) electrons. The van der Waals surface area contributed by atoms with Gasteiger partial charge in [-0.05, 0) is 11.5 Å². The third-order valence-electron chi connectivity index (χ3n) is 0.949. The molecule has 0 aromatic carbocycles. The number of nitrogen functional groups attached to an aromatic ring is 1. The Morgan fingerprint density at radius 3 is 3.20 bits per heavy atom. The first-order valence-corrected chi connectivity index (χ1v) is 3.67. The number of rotatable bonds is 3. The van der Waals surface area contributed by atoms with E-state index in [2.05, 4.69) is 16.3 Å². The van der Waals surface area contributed by atoms with Gasteiger partial charge in [0.15, 0.2) is 0 Å². The molecule has 0 aliphatic carbocycles. The van der Waals surface area contributed by atoms with E-state index in [-0.39, 0.29) is 0 Å². The largest absolute Gasteiger partial charge is 0.383 e. The van der Waals surface area contributed by atoms with Gasteiger partial charge in [0.05, 0.1) is 0 Å². The molecule has 0 atom stereocenters. The van der Waals surface area contributed by atoms with Gasteiger partial charge in [0.25, 0.3) is 0 Å². The Balaban J connectivity index is 2.49. The van der Waals surface area contributed by atoms with Crippen LogP contribution in [0.5, 0.6) is 0 Å². The maximum absolute atomic E-state index is 5.38. The summed E-state index contributed by atoms with van der Waals surface area (Å²) in [5.41, 5.74) is 5.38. The molecular formula is C6H9N3S. The predicted molar refractivity (Wildman–Crippen MR) is 45.2 cm³/mol. The highest BCUT2D eigenvalue weighted by Gasteiger charge is 1.93. The molecule has 0 amide bonds. The summed E-state index contributed by atoms with van der Waals surface area (Å²) in [6.45, 7) is 4.32. The molecule has 0 unspecified atom stereocenters. The highest BCUT2D eigenvalue weighted by atomic mass is 32.1. The number of nitrogens with one attached hydrogen (secondary N) is 1. The summed E-state index contributed by atoms with van der Waals surface area (Å²) >= 11 is 1.36. The van der Waals surface area contributed by atoms with Crippen molar-refractivity contribution in [3.63, 3.8) is 0 Å². The number of nitrogens with two attached hydrogens (primary N) is 1. The first kappa shape index (κ1) is 7.08. The Hall–Kier alpha value is -1.03. The van der Waals surface area contributed by atoms with E-state index in [9.17, 15) is 0 Å². The molecule has 3 nitrogen and oxygen atoms in total. The number of hydrogen-bond donors (Lipinski definition) is 2. The molecule has 1 aromatic heterocycles. The van der Waals surface area contributed by atoms with Crippen molar-refractivity contribution in [1.29, 1.82) is 0 Å². The summed E-state index contributed by atoms with van der Waals surface area (Å²) < 4.78 is 3.89. The van der Waals surface area contributed by atoms with Gasteiger partial charge in [-0.25, -0.2) is 0 Å². The van der Waals surface area contributed by atoms with Crippen molar-refractivity contribution >= 4 is 22.4 Å². The Morgan fingerprint density at radius 1 is 1.90 bits per heavy atom. The lowest BCUT2D eigenvalue weighted by atomic mass is 10.6. The molecule has 0 spiro atoms. The second kappa shape index (κ2) is 3.22. The van der Waals surface area contributed by atoms with Crippen LogP contribution >= 0.6 is 11.5 Å². The molecule has 4 heteroatoms. The van der Waals surface area contributed by atoms with Crippen LogP contribution in [0.2, 0.25) is 0 Å². The average molecular weight is 155 g/mol. The average Bonchev–Trinajstić information content (AvgIpc) is 2.31. The maximum Gasteiger partial charge on any atom is 0.139 e. The van der Waals surface area contributed by atoms with Crippen LogP contribution in [0.3, 0.4) is 0 Å². The lowest BCUT2D eigenvalue weighted by Crippen LogP contribution is -1.94. The van der Waals surface area contributed by atoms with Crippen LogP contribution in [0.15, 0.2) is 18.7 Å². The molecule has 1 heterocycles. The van der Waals surface area contributed by atoms with E-state index < -0.39 is 0 Å². The SMILES string of the molecule is C=CCNc1cc(N)ns1. The molecule has 54 valence electrons. The van der Waals surface area contributed by atoms with Gasteiger partial charge in [-0.1, -0.05) is 6.08 Å². The quantitative estimate of drug-likeness (QED) is 0.647. The van der Waals surface area contributed by atoms with E-state index in [0.717, 1.165) is 11.5 Å². The fourth-order valence-electron chi connectivity index (χ4n) is 0.545. The predicted octanol–water partition coefficient (Wildman–Crippen LogP) is 1.32. The van der Waals surface area contributed by atoms with E-state index >= 15 is 0 Å². The Labute approximate surface area is 63.7 Å². The number of hydrogen-bond acceptors (Lipinski definition) is 4. The zero-order chi connectivity index (χ0) is 7.40. The van der Waals surface area contributed by atoms with Gasteiger partial charge in [0.1, 0.15) is 10.8 Å². The van der Waals surface area contributed by atoms with Crippen LogP contribution in [0.25, 0.3) is 0 Å². The molecule has 10 heavy (non-hydrogen) atoms. The summed E-state index contributed by atoms with van der Waals surface area (Å²) in [7, 11) is 0. The molecule has 0 saturated carbocycles. The summed E-state index contributed by atoms with van der Waals surface area (Å²) in [6.07, 6.45) is 1.79. The molecular weight excluding hydrogens is 146 g/mol. The third kappa shape index (κ3) is 1.73. The van der Waals surface area contributed by atoms with Crippen LogP contribution in [0.1, 0.15) is 0 Å². The van der Waals surface area contributed by atoms with Gasteiger partial charge >= 0.3 is 0 Å². The Kier molecular flexibility index (Phi) is 2.28. The monoisotopic (exact) mass is 155 g/mol. The molecule has 3 N–H and O–H groups in total. The van der Waals surface area contributed by atoms with E-state index in [1.165, 1.54) is 11.5 Å². The third-order valence-corrected chi connectivity index (χ3v) is 1.71. The van der Waals surface area contributed by atoms with Crippen molar-refractivity contribution in [2.75, 3.05) is 17.6 Å². The van der Waals surface area contributed by atoms with Gasteiger partial charge in [-0.15, -0.1) is 6.58 Å². The second-order valence-corrected chi connectivity index (χ2v) is 2.59. The van der Waals surface area contributed by atoms with Crippen LogP contribution in [0, 0.1) is 0 Å². The smallest absolute Gasteiger partial charge is 0.139 e. The van der Waals surface area contributed by atoms with Crippen LogP contribution < -0.4 is 11.1 Å². The van der Waals surface area contributed by atoms with E-state index in [1.54, 1.807) is 12.1 Å². The molecule has 0 aliphatic rings. The van der Waals surface area contributed by atoms with Gasteiger partial charge in [0, 0.05) is 12.6 Å². The molecule has 1 rings (SSSR count). The molecule has 1 aromatic rings. The standard InChI is InChI=1S/C6H9N3S/c1-2-3-8-6-4-5(7)9-10-6/h2,4,8H,1,3H2,(H2,7,9). The molecule has 0 aliphatic heterocycles. The van der Waals surface area contributed by atoms with Crippen LogP contribution in [-0.2, 0) is 0 Å². The van der Waals surface area contributed by atoms with Crippen LogP contribution in [-0.4, -0.2) is 10.9 Å². The number of aromatic nitrogens is 1. The molecule has 0 saturated heterocycles. The number of anilines is 2. The highest BCUT2D eigenvalue weighted by molar-refractivity contribution is 7.10. The van der Waals surface area contributed by atoms with Crippen LogP contribution in [0.4, 0.5) is 10.8 Å². The maximum atomic E-state index is 5.38. The highest BCUT2D eigenvalue weighted by Crippen LogP contribution is 2.16. The Morgan fingerprint density at radius 2 is 2.70 bits per heavy atom. The van der Waals surface area contributed by atoms with Crippen molar-refractivity contribution in [3.8, 4) is 0 Å². The fourth-order valence-corrected chi connectivity index (χ4v) is 1.12. The van der Waals surface area contributed by atoms with Gasteiger partial charge in [0.2, 0.25) is 0 Å². The second-order valence-electron chi connectivity index (χ2n) is 1.79. The van der Waals surface area contributed by atoms with E-state index in [1.807, 2.05) is 0 Å². The normalized spacial score (nSPS) is 9.20. The molecule has 0 bridgehead atoms. The minimum absolute atomic E-state index is 0.566. The first-order chi connectivity index (χ1) is 4.83. The topological polar surface area (TPSA) is 50.9 Å². The van der Waals surface area contributed by atoms with Crippen molar-refractivity contribution in [2.45, 2.75) is 0 Å². The van der Waals surface area contributed by atoms with E-state index in [4.69, 9.17) is 5.73 Å². The first-order valence-electron chi connectivity index (χ1n) is 2.90. The number of nitrogens with zero attached hydrogens (tertiary/aromatic N) is 1. The van der Waals surface area contributed by atoms with Crippen molar-refractivity contribution in [2.24, 2.45) is 0 Å². The molecule has 0 fully saturated rings. The Bertz CT molecular complexity index is 219. The fraction of sp³-hybridized carbons (Fsp3) is 0.167. The zero-order valence-electron chi connectivity index (χ0n) is 5.50. The van der Waals surface area contributed by atoms with Crippen molar-refractivity contribution in [3.05, 3.63) is 18.7 Å². The van der Waals surface area contributed by atoms with Crippen molar-refractivity contribution in [1.82, 2.24) is 4.37 Å². The van der Waals surface area contributed by atoms with Gasteiger partial charge < -0.3 is 11.1 Å². The van der Waals surface area contributed by atoms with Gasteiger partial charge in [-0.2, -0.15) is 4.37 Å². The summed E-state index contributed by atoms with van der Waals surface area (Å²) in [4.78, 5) is 0. The summed E-state index contributed by atoms with van der Waals surface area (Å²) in [5, 5.41) is 4.06.